The Morgan fingerprint density at radius 2 is 1.96 bits per heavy atom. The third-order valence-electron chi connectivity index (χ3n) is 4.53. The summed E-state index contributed by atoms with van der Waals surface area (Å²) in [6.45, 7) is 2.19. The van der Waals surface area contributed by atoms with Crippen LogP contribution < -0.4 is 14.3 Å². The normalized spacial score (nSPS) is 11.8. The molecule has 0 aliphatic rings. The van der Waals surface area contributed by atoms with Gasteiger partial charge in [-0.05, 0) is 48.7 Å². The Balaban J connectivity index is 2.02. The van der Waals surface area contributed by atoms with E-state index in [1.807, 2.05) is 11.6 Å². The van der Waals surface area contributed by atoms with Crippen molar-refractivity contribution in [3.8, 4) is 11.5 Å². The van der Waals surface area contributed by atoms with E-state index < -0.39 is 0 Å². The molecule has 6 heteroatoms. The molecule has 1 aromatic heterocycles. The third kappa shape index (κ3) is 4.06. The van der Waals surface area contributed by atoms with E-state index in [0.717, 1.165) is 16.6 Å². The van der Waals surface area contributed by atoms with Gasteiger partial charge in [-0.3, -0.25) is 4.79 Å². The van der Waals surface area contributed by atoms with Crippen LogP contribution in [0.15, 0.2) is 41.4 Å². The molecule has 0 saturated carbocycles. The van der Waals surface area contributed by atoms with E-state index in [9.17, 15) is 4.79 Å². The first-order valence-corrected chi connectivity index (χ1v) is 9.78. The van der Waals surface area contributed by atoms with Crippen LogP contribution in [0.1, 0.15) is 35.7 Å². The van der Waals surface area contributed by atoms with E-state index in [1.165, 1.54) is 36.9 Å². The zero-order valence-electron chi connectivity index (χ0n) is 16.1. The van der Waals surface area contributed by atoms with E-state index >= 15 is 0 Å². The number of unbranched alkanes of at least 4 members (excludes halogenated alkanes) is 1. The second-order valence-electron chi connectivity index (χ2n) is 6.33. The summed E-state index contributed by atoms with van der Waals surface area (Å²) < 4.78 is 13.6. The predicted octanol–water partition coefficient (Wildman–Crippen LogP) is 4.34. The van der Waals surface area contributed by atoms with Gasteiger partial charge in [-0.2, -0.15) is 4.99 Å². The number of ether oxygens (including phenoxy) is 2. The first-order chi connectivity index (χ1) is 13.1. The highest BCUT2D eigenvalue weighted by molar-refractivity contribution is 7.16. The number of hydrogen-bond acceptors (Lipinski definition) is 4. The van der Waals surface area contributed by atoms with Crippen LogP contribution in [-0.2, 0) is 13.5 Å². The van der Waals surface area contributed by atoms with Gasteiger partial charge >= 0.3 is 0 Å². The fourth-order valence-electron chi connectivity index (χ4n) is 2.95. The minimum atomic E-state index is -0.348. The molecule has 3 rings (SSSR count). The molecule has 0 aliphatic carbocycles. The first-order valence-electron chi connectivity index (χ1n) is 8.97. The molecule has 3 aromatic rings. The lowest BCUT2D eigenvalue weighted by Crippen LogP contribution is -2.13. The largest absolute Gasteiger partial charge is 0.497 e. The zero-order valence-corrected chi connectivity index (χ0v) is 16.9. The van der Waals surface area contributed by atoms with Gasteiger partial charge in [0, 0.05) is 7.05 Å². The van der Waals surface area contributed by atoms with Crippen LogP contribution in [0.3, 0.4) is 0 Å². The minimum absolute atomic E-state index is 0.348. The number of aryl methyl sites for hydroxylation is 2. The summed E-state index contributed by atoms with van der Waals surface area (Å²) in [6, 6.07) is 11.6. The molecular weight excluding hydrogens is 360 g/mol. The number of carbonyl (C=O) groups excluding carboxylic acids is 1. The summed E-state index contributed by atoms with van der Waals surface area (Å²) in [4.78, 5) is 17.8. The van der Waals surface area contributed by atoms with Gasteiger partial charge < -0.3 is 14.0 Å². The monoisotopic (exact) mass is 384 g/mol. The van der Waals surface area contributed by atoms with Crippen molar-refractivity contribution in [2.75, 3.05) is 14.2 Å². The molecule has 27 heavy (non-hydrogen) atoms. The van der Waals surface area contributed by atoms with E-state index in [2.05, 4.69) is 30.1 Å². The molecule has 142 valence electrons. The van der Waals surface area contributed by atoms with Crippen molar-refractivity contribution in [2.45, 2.75) is 26.2 Å². The number of fused-ring (bicyclic) bond motifs is 1. The molecule has 0 bridgehead atoms. The standard InChI is InChI=1S/C21H24N2O3S/c1-5-6-7-14-8-10-17-19(12-14)27-21(23(17)2)22-20(24)16-13-15(25-3)9-11-18(16)26-4/h8-13H,5-7H2,1-4H3. The second-order valence-corrected chi connectivity index (χ2v) is 7.34. The molecule has 0 unspecified atom stereocenters. The van der Waals surface area contributed by atoms with Gasteiger partial charge in [0.05, 0.1) is 30.0 Å². The average Bonchev–Trinajstić information content (AvgIpc) is 3.00. The fourth-order valence-corrected chi connectivity index (χ4v) is 4.03. The van der Waals surface area contributed by atoms with Crippen LogP contribution in [0.5, 0.6) is 11.5 Å². The van der Waals surface area contributed by atoms with Crippen LogP contribution in [0, 0.1) is 0 Å². The van der Waals surface area contributed by atoms with Crippen LogP contribution in [-0.4, -0.2) is 24.7 Å². The van der Waals surface area contributed by atoms with Crippen molar-refractivity contribution < 1.29 is 14.3 Å². The number of benzene rings is 2. The van der Waals surface area contributed by atoms with Crippen molar-refractivity contribution in [3.05, 3.63) is 52.3 Å². The minimum Gasteiger partial charge on any atom is -0.497 e. The first kappa shape index (κ1) is 19.2. The smallest absolute Gasteiger partial charge is 0.283 e. The summed E-state index contributed by atoms with van der Waals surface area (Å²) in [6.07, 6.45) is 3.42. The van der Waals surface area contributed by atoms with E-state index in [4.69, 9.17) is 9.47 Å². The van der Waals surface area contributed by atoms with Gasteiger partial charge in [0.2, 0.25) is 0 Å². The van der Waals surface area contributed by atoms with E-state index in [1.54, 1.807) is 25.3 Å². The molecule has 0 radical (unpaired) electrons. The Bertz CT molecular complexity index is 1030. The number of nitrogens with zero attached hydrogens (tertiary/aromatic N) is 2. The predicted molar refractivity (Wildman–Crippen MR) is 109 cm³/mol. The van der Waals surface area contributed by atoms with Crippen molar-refractivity contribution in [1.29, 1.82) is 0 Å². The Morgan fingerprint density at radius 3 is 2.67 bits per heavy atom. The van der Waals surface area contributed by atoms with E-state index in [0.29, 0.717) is 21.9 Å². The number of thiazole rings is 1. The third-order valence-corrected chi connectivity index (χ3v) is 5.62. The van der Waals surface area contributed by atoms with Crippen LogP contribution in [0.4, 0.5) is 0 Å². The van der Waals surface area contributed by atoms with Gasteiger partial charge in [0.1, 0.15) is 11.5 Å². The van der Waals surface area contributed by atoms with Gasteiger partial charge in [-0.1, -0.05) is 30.7 Å². The second kappa shape index (κ2) is 8.39. The highest BCUT2D eigenvalue weighted by Gasteiger charge is 2.14. The van der Waals surface area contributed by atoms with Gasteiger partial charge in [-0.25, -0.2) is 0 Å². The van der Waals surface area contributed by atoms with Gasteiger partial charge in [-0.15, -0.1) is 0 Å². The summed E-state index contributed by atoms with van der Waals surface area (Å²) in [5, 5.41) is 0. The topological polar surface area (TPSA) is 52.8 Å². The maximum atomic E-state index is 12.8. The number of aromatic nitrogens is 1. The maximum Gasteiger partial charge on any atom is 0.283 e. The average molecular weight is 385 g/mol. The molecule has 0 fully saturated rings. The molecule has 0 atom stereocenters. The summed E-state index contributed by atoms with van der Waals surface area (Å²) >= 11 is 1.52. The Morgan fingerprint density at radius 1 is 1.15 bits per heavy atom. The van der Waals surface area contributed by atoms with Crippen LogP contribution in [0.25, 0.3) is 10.2 Å². The van der Waals surface area contributed by atoms with Crippen LogP contribution >= 0.6 is 11.3 Å². The highest BCUT2D eigenvalue weighted by Crippen LogP contribution is 2.25. The molecule has 0 N–H and O–H groups in total. The summed E-state index contributed by atoms with van der Waals surface area (Å²) in [5.41, 5.74) is 2.78. The van der Waals surface area contributed by atoms with Crippen molar-refractivity contribution in [2.24, 2.45) is 12.0 Å². The van der Waals surface area contributed by atoms with Crippen molar-refractivity contribution >= 4 is 27.5 Å². The Hall–Kier alpha value is -2.60. The summed E-state index contributed by atoms with van der Waals surface area (Å²) in [7, 11) is 5.03. The van der Waals surface area contributed by atoms with Crippen LogP contribution in [0.2, 0.25) is 0 Å². The molecular formula is C21H24N2O3S. The number of hydrogen-bond donors (Lipinski definition) is 0. The zero-order chi connectivity index (χ0) is 19.4. The lowest BCUT2D eigenvalue weighted by atomic mass is 10.1. The number of carbonyl (C=O) groups is 1. The Kier molecular flexibility index (Phi) is 5.96. The molecule has 0 aliphatic heterocycles. The lowest BCUT2D eigenvalue weighted by Gasteiger charge is -2.07. The maximum absolute atomic E-state index is 12.8. The molecule has 2 aromatic carbocycles. The van der Waals surface area contributed by atoms with E-state index in [-0.39, 0.29) is 5.91 Å². The number of rotatable bonds is 6. The van der Waals surface area contributed by atoms with Crippen molar-refractivity contribution in [3.63, 3.8) is 0 Å². The summed E-state index contributed by atoms with van der Waals surface area (Å²) in [5.74, 6) is 0.727. The fraction of sp³-hybridized carbons (Fsp3) is 0.333. The quantitative estimate of drug-likeness (QED) is 0.635. The molecule has 1 amide bonds. The lowest BCUT2D eigenvalue weighted by molar-refractivity contribution is 0.0994. The van der Waals surface area contributed by atoms with Gasteiger partial charge in [0.25, 0.3) is 5.91 Å². The number of methoxy groups -OCH3 is 2. The SMILES string of the molecule is CCCCc1ccc2c(c1)sc(=NC(=O)c1cc(OC)ccc1OC)n2C. The molecule has 0 saturated heterocycles. The molecule has 1 heterocycles. The molecule has 0 spiro atoms. The number of amides is 1. The Labute approximate surface area is 162 Å². The van der Waals surface area contributed by atoms with Gasteiger partial charge in [0.15, 0.2) is 4.80 Å². The highest BCUT2D eigenvalue weighted by atomic mass is 32.1. The molecule has 5 nitrogen and oxygen atoms in total. The van der Waals surface area contributed by atoms with Crippen molar-refractivity contribution in [1.82, 2.24) is 4.57 Å².